The van der Waals surface area contributed by atoms with E-state index in [1.807, 2.05) is 42.7 Å². The van der Waals surface area contributed by atoms with Gasteiger partial charge >= 0.3 is 0 Å². The molecule has 10 heteroatoms. The number of piperazine rings is 1. The molecule has 0 aliphatic carbocycles. The van der Waals surface area contributed by atoms with Crippen molar-refractivity contribution >= 4 is 23.2 Å². The fourth-order valence-corrected chi connectivity index (χ4v) is 3.73. The van der Waals surface area contributed by atoms with Gasteiger partial charge in [-0.25, -0.2) is 0 Å². The molecule has 0 unspecified atom stereocenters. The Morgan fingerprint density at radius 1 is 0.971 bits per heavy atom. The van der Waals surface area contributed by atoms with Crippen molar-refractivity contribution in [3.05, 3.63) is 47.9 Å². The number of fused-ring (bicyclic) bond motifs is 1. The van der Waals surface area contributed by atoms with Gasteiger partial charge in [0.25, 0.3) is 11.9 Å². The summed E-state index contributed by atoms with van der Waals surface area (Å²) in [7, 11) is 1.56. The first kappa shape index (κ1) is 21.9. The molecule has 0 spiro atoms. The fraction of sp³-hybridized carbons (Fsp3) is 0.375. The van der Waals surface area contributed by atoms with Crippen LogP contribution in [-0.2, 0) is 5.41 Å². The molecule has 4 heterocycles. The molecule has 1 saturated heterocycles. The van der Waals surface area contributed by atoms with Gasteiger partial charge in [0.2, 0.25) is 23.2 Å². The molecule has 1 aliphatic heterocycles. The molecule has 0 N–H and O–H groups in total. The van der Waals surface area contributed by atoms with Gasteiger partial charge < -0.3 is 23.5 Å². The number of anilines is 1. The second-order valence-corrected chi connectivity index (χ2v) is 9.20. The maximum Gasteiger partial charge on any atom is 0.300 e. The van der Waals surface area contributed by atoms with Crippen LogP contribution in [0.15, 0.2) is 45.3 Å². The average molecular weight is 463 g/mol. The molecule has 0 bridgehead atoms. The number of carbonyl (C=O) groups is 1. The van der Waals surface area contributed by atoms with Crippen molar-refractivity contribution in [1.29, 1.82) is 0 Å². The number of hydrogen-bond donors (Lipinski definition) is 0. The first-order chi connectivity index (χ1) is 16.3. The van der Waals surface area contributed by atoms with Crippen molar-refractivity contribution in [2.75, 3.05) is 38.2 Å². The number of benzene rings is 1. The van der Waals surface area contributed by atoms with E-state index in [0.717, 1.165) is 5.56 Å². The highest BCUT2D eigenvalue weighted by atomic mass is 16.5. The topological polar surface area (TPSA) is 111 Å². The first-order valence-electron chi connectivity index (χ1n) is 11.1. The average Bonchev–Trinajstić information content (AvgIpc) is 3.51. The number of rotatable bonds is 4. The third-order valence-corrected chi connectivity index (χ3v) is 5.72. The fourth-order valence-electron chi connectivity index (χ4n) is 3.73. The molecule has 0 saturated carbocycles. The zero-order valence-corrected chi connectivity index (χ0v) is 19.6. The van der Waals surface area contributed by atoms with Crippen LogP contribution in [0.2, 0.25) is 0 Å². The Bertz CT molecular complexity index is 1310. The van der Waals surface area contributed by atoms with Crippen LogP contribution in [0.3, 0.4) is 0 Å². The van der Waals surface area contributed by atoms with E-state index in [-0.39, 0.29) is 11.3 Å². The zero-order valence-electron chi connectivity index (χ0n) is 19.6. The molecular weight excluding hydrogens is 436 g/mol. The maximum absolute atomic E-state index is 13.0. The van der Waals surface area contributed by atoms with Crippen molar-refractivity contribution in [3.63, 3.8) is 0 Å². The van der Waals surface area contributed by atoms with E-state index >= 15 is 0 Å². The highest BCUT2D eigenvalue weighted by Crippen LogP contribution is 2.26. The predicted molar refractivity (Wildman–Crippen MR) is 125 cm³/mol. The summed E-state index contributed by atoms with van der Waals surface area (Å²) in [5, 5.41) is 4.07. The lowest BCUT2D eigenvalue weighted by molar-refractivity contribution is 0.0745. The minimum atomic E-state index is -0.218. The maximum atomic E-state index is 13.0. The van der Waals surface area contributed by atoms with E-state index in [2.05, 4.69) is 20.1 Å². The van der Waals surface area contributed by atoms with E-state index in [1.165, 1.54) is 0 Å². The number of amides is 1. The smallest absolute Gasteiger partial charge is 0.300 e. The number of pyridine rings is 1. The number of hydrogen-bond acceptors (Lipinski definition) is 9. The third-order valence-electron chi connectivity index (χ3n) is 5.72. The van der Waals surface area contributed by atoms with Gasteiger partial charge in [0, 0.05) is 48.8 Å². The highest BCUT2D eigenvalue weighted by Gasteiger charge is 2.26. The summed E-state index contributed by atoms with van der Waals surface area (Å²) >= 11 is 0. The van der Waals surface area contributed by atoms with Crippen LogP contribution >= 0.6 is 0 Å². The quantitative estimate of drug-likeness (QED) is 0.449. The highest BCUT2D eigenvalue weighted by molar-refractivity contribution is 5.94. The first-order valence-corrected chi connectivity index (χ1v) is 11.1. The molecule has 1 aliphatic rings. The Labute approximate surface area is 196 Å². The molecule has 34 heavy (non-hydrogen) atoms. The van der Waals surface area contributed by atoms with Gasteiger partial charge in [0.15, 0.2) is 5.58 Å². The minimum Gasteiger partial charge on any atom is -0.481 e. The third kappa shape index (κ3) is 4.18. The Morgan fingerprint density at radius 3 is 2.35 bits per heavy atom. The van der Waals surface area contributed by atoms with Gasteiger partial charge in [-0.05, 0) is 18.2 Å². The molecule has 1 aromatic carbocycles. The minimum absolute atomic E-state index is 0.0151. The number of methoxy groups -OCH3 is 1. The molecule has 0 radical (unpaired) electrons. The molecule has 1 amide bonds. The van der Waals surface area contributed by atoms with Crippen LogP contribution in [0, 0.1) is 0 Å². The monoisotopic (exact) mass is 462 g/mol. The lowest BCUT2D eigenvalue weighted by Crippen LogP contribution is -2.48. The standard InChI is InChI=1S/C24H26N6O4/c1-24(2,3)22-26-19(28-34-22)15-5-7-16(8-6-15)21(31)29-11-13-30(14-12-29)23-27-20-17(33-23)9-10-18(25-20)32-4/h5-10H,11-14H2,1-4H3. The summed E-state index contributed by atoms with van der Waals surface area (Å²) in [6.07, 6.45) is 0. The normalized spacial score (nSPS) is 14.6. The molecule has 3 aromatic heterocycles. The van der Waals surface area contributed by atoms with Crippen molar-refractivity contribution < 1.29 is 18.5 Å². The van der Waals surface area contributed by atoms with Crippen molar-refractivity contribution in [1.82, 2.24) is 25.0 Å². The van der Waals surface area contributed by atoms with E-state index in [4.69, 9.17) is 13.7 Å². The van der Waals surface area contributed by atoms with E-state index < -0.39 is 0 Å². The number of nitrogens with zero attached hydrogens (tertiary/aromatic N) is 6. The van der Waals surface area contributed by atoms with Crippen molar-refractivity contribution in [2.45, 2.75) is 26.2 Å². The molecule has 0 atom stereocenters. The number of ether oxygens (including phenoxy) is 1. The van der Waals surface area contributed by atoms with Gasteiger partial charge in [-0.1, -0.05) is 38.1 Å². The summed E-state index contributed by atoms with van der Waals surface area (Å²) in [6.45, 7) is 8.42. The molecule has 1 fully saturated rings. The van der Waals surface area contributed by atoms with Crippen LogP contribution in [0.4, 0.5) is 6.01 Å². The number of carbonyl (C=O) groups excluding carboxylic acids is 1. The number of oxazole rings is 1. The predicted octanol–water partition coefficient (Wildman–Crippen LogP) is 3.54. The van der Waals surface area contributed by atoms with E-state index in [1.54, 1.807) is 31.4 Å². The summed E-state index contributed by atoms with van der Waals surface area (Å²) < 4.78 is 16.4. The van der Waals surface area contributed by atoms with Crippen LogP contribution in [0.25, 0.3) is 22.6 Å². The molecule has 10 nitrogen and oxygen atoms in total. The van der Waals surface area contributed by atoms with Crippen molar-refractivity contribution in [2.24, 2.45) is 0 Å². The van der Waals surface area contributed by atoms with Crippen LogP contribution in [0.1, 0.15) is 37.0 Å². The largest absolute Gasteiger partial charge is 0.481 e. The van der Waals surface area contributed by atoms with Gasteiger partial charge in [0.1, 0.15) is 0 Å². The van der Waals surface area contributed by atoms with E-state index in [0.29, 0.717) is 66.6 Å². The lowest BCUT2D eigenvalue weighted by atomic mass is 9.97. The second kappa shape index (κ2) is 8.44. The molecule has 176 valence electrons. The van der Waals surface area contributed by atoms with Crippen LogP contribution in [0.5, 0.6) is 5.88 Å². The van der Waals surface area contributed by atoms with Crippen LogP contribution in [-0.4, -0.2) is 64.2 Å². The Kier molecular flexibility index (Phi) is 5.43. The lowest BCUT2D eigenvalue weighted by Gasteiger charge is -2.33. The Hall–Kier alpha value is -3.95. The molecular formula is C24H26N6O4. The molecule has 5 rings (SSSR count). The summed E-state index contributed by atoms with van der Waals surface area (Å²) in [6, 6.07) is 11.3. The van der Waals surface area contributed by atoms with Gasteiger partial charge in [-0.2, -0.15) is 15.0 Å². The van der Waals surface area contributed by atoms with Gasteiger partial charge in [-0.15, -0.1) is 0 Å². The SMILES string of the molecule is COc1ccc2oc(N3CCN(C(=O)c4ccc(-c5noc(C(C)(C)C)n5)cc4)CC3)nc2n1. The number of aromatic nitrogens is 4. The van der Waals surface area contributed by atoms with Gasteiger partial charge in [0.05, 0.1) is 7.11 Å². The van der Waals surface area contributed by atoms with Crippen LogP contribution < -0.4 is 9.64 Å². The summed E-state index contributed by atoms with van der Waals surface area (Å²) in [4.78, 5) is 30.1. The zero-order chi connectivity index (χ0) is 23.9. The molecule has 4 aromatic rings. The second-order valence-electron chi connectivity index (χ2n) is 9.20. The Morgan fingerprint density at radius 2 is 1.71 bits per heavy atom. The Balaban J connectivity index is 1.23. The summed E-state index contributed by atoms with van der Waals surface area (Å²) in [5.74, 6) is 1.57. The van der Waals surface area contributed by atoms with E-state index in [9.17, 15) is 4.79 Å². The van der Waals surface area contributed by atoms with Gasteiger partial charge in [-0.3, -0.25) is 4.79 Å². The summed E-state index contributed by atoms with van der Waals surface area (Å²) in [5.41, 5.74) is 2.32. The van der Waals surface area contributed by atoms with Crippen molar-refractivity contribution in [3.8, 4) is 17.3 Å².